The van der Waals surface area contributed by atoms with E-state index in [9.17, 15) is 5.26 Å². The van der Waals surface area contributed by atoms with Crippen molar-refractivity contribution in [3.8, 4) is 0 Å². The van der Waals surface area contributed by atoms with Gasteiger partial charge in [-0.3, -0.25) is 0 Å². The van der Waals surface area contributed by atoms with E-state index < -0.39 is 0 Å². The van der Waals surface area contributed by atoms with Crippen molar-refractivity contribution in [2.24, 2.45) is 0 Å². The summed E-state index contributed by atoms with van der Waals surface area (Å²) in [7, 11) is 0. The lowest BCUT2D eigenvalue weighted by Gasteiger charge is -1.86. The van der Waals surface area contributed by atoms with Gasteiger partial charge >= 0.3 is 0 Å². The zero-order chi connectivity index (χ0) is 8.39. The highest BCUT2D eigenvalue weighted by Gasteiger charge is 1.90. The van der Waals surface area contributed by atoms with Crippen LogP contribution in [-0.4, -0.2) is 0 Å². The molecular formula is C8H6O3S. The van der Waals surface area contributed by atoms with Crippen LogP contribution in [0.2, 0.25) is 0 Å². The Morgan fingerprint density at radius 1 is 1.25 bits per heavy atom. The van der Waals surface area contributed by atoms with Crippen LogP contribution in [0, 0.1) is 0 Å². The highest BCUT2D eigenvalue weighted by atomic mass is 32.1. The largest absolute Gasteiger partial charge is 0.303 e. The average molecular weight is 182 g/mol. The Kier molecular flexibility index (Phi) is 1.75. The zero-order valence-electron chi connectivity index (χ0n) is 6.10. The molecule has 12 heavy (non-hydrogen) atoms. The molecular weight excluding hydrogens is 176 g/mol. The normalized spacial score (nSPS) is 10.0. The van der Waals surface area contributed by atoms with Gasteiger partial charge in [0.25, 0.3) is 11.6 Å². The first-order chi connectivity index (χ1) is 5.86. The molecule has 0 radical (unpaired) electrons. The first kappa shape index (κ1) is 7.24. The third-order valence-corrected chi connectivity index (χ3v) is 2.09. The lowest BCUT2D eigenvalue weighted by atomic mass is 10.2. The molecule has 4 heteroatoms. The van der Waals surface area contributed by atoms with Crippen molar-refractivity contribution in [1.82, 2.24) is 0 Å². The molecule has 0 saturated heterocycles. The fraction of sp³-hybridized carbons (Fsp3) is 0. The molecule has 1 aromatic heterocycles. The summed E-state index contributed by atoms with van der Waals surface area (Å²) in [6.07, 6.45) is 1.41. The van der Waals surface area contributed by atoms with Gasteiger partial charge in [0.2, 0.25) is 0 Å². The van der Waals surface area contributed by atoms with Crippen LogP contribution in [-0.2, 0) is 0 Å². The highest BCUT2D eigenvalue weighted by molar-refractivity contribution is 7.01. The second-order valence-electron chi connectivity index (χ2n) is 2.26. The molecule has 0 bridgehead atoms. The summed E-state index contributed by atoms with van der Waals surface area (Å²) in [5, 5.41) is 14.3. The molecule has 0 aliphatic heterocycles. The minimum absolute atomic E-state index is 0.898. The van der Waals surface area contributed by atoms with Crippen LogP contribution in [0.15, 0.2) is 44.3 Å². The Morgan fingerprint density at radius 2 is 2.00 bits per heavy atom. The van der Waals surface area contributed by atoms with Gasteiger partial charge in [-0.1, -0.05) is 24.3 Å². The van der Waals surface area contributed by atoms with E-state index in [2.05, 4.69) is 4.58 Å². The molecule has 0 aliphatic rings. The number of hydrogen-bond acceptors (Lipinski definition) is 3. The van der Waals surface area contributed by atoms with Crippen molar-refractivity contribution in [3.05, 3.63) is 35.9 Å². The van der Waals surface area contributed by atoms with E-state index in [1.54, 1.807) is 5.38 Å². The maximum absolute atomic E-state index is 10.7. The molecule has 0 aliphatic carbocycles. The Balaban J connectivity index is 2.85. The topological polar surface area (TPSA) is 38.9 Å². The molecule has 0 unspecified atom stereocenters. The van der Waals surface area contributed by atoms with E-state index in [1.807, 2.05) is 24.3 Å². The molecule has 2 rings (SSSR count). The standard InChI is InChI=1S/C8H6O3S/c9-11-10-5-7-3-1-2-4-8(7)6-12-11/h1-6H. The van der Waals surface area contributed by atoms with Crippen LogP contribution in [0.1, 0.15) is 0 Å². The molecule has 0 saturated carbocycles. The summed E-state index contributed by atoms with van der Waals surface area (Å²) in [5.41, 5.74) is 0. The van der Waals surface area contributed by atoms with Crippen LogP contribution >= 0.6 is 11.6 Å². The summed E-state index contributed by atoms with van der Waals surface area (Å²) in [6.45, 7) is 0. The number of benzene rings is 1. The molecule has 0 fully saturated rings. The highest BCUT2D eigenvalue weighted by Crippen LogP contribution is 2.14. The van der Waals surface area contributed by atoms with Crippen LogP contribution in [0.3, 0.4) is 0 Å². The molecule has 0 amide bonds. The van der Waals surface area contributed by atoms with Gasteiger partial charge in [-0.15, -0.1) is 0 Å². The second kappa shape index (κ2) is 2.91. The molecule has 0 spiro atoms. The Labute approximate surface area is 72.6 Å². The third-order valence-electron chi connectivity index (χ3n) is 1.50. The maximum Gasteiger partial charge on any atom is 0.291 e. The van der Waals surface area contributed by atoms with E-state index in [-0.39, 0.29) is 0 Å². The first-order valence-corrected chi connectivity index (χ1v) is 4.18. The van der Waals surface area contributed by atoms with Crippen molar-refractivity contribution in [2.45, 2.75) is 0 Å². The van der Waals surface area contributed by atoms with E-state index in [0.717, 1.165) is 22.4 Å². The Bertz CT molecular complexity index is 384. The fourth-order valence-electron chi connectivity index (χ4n) is 0.930. The SMILES string of the molecule is [O-][o+]1occ2ccccc2cs1. The van der Waals surface area contributed by atoms with Crippen LogP contribution < -0.4 is 5.26 Å². The van der Waals surface area contributed by atoms with Crippen molar-refractivity contribution < 1.29 is 13.6 Å². The minimum Gasteiger partial charge on any atom is -0.303 e. The predicted molar refractivity (Wildman–Crippen MR) is 44.0 cm³/mol. The van der Waals surface area contributed by atoms with E-state index in [4.69, 9.17) is 0 Å². The fourth-order valence-corrected chi connectivity index (χ4v) is 1.41. The van der Waals surface area contributed by atoms with Gasteiger partial charge in [-0.05, 0) is 5.39 Å². The van der Waals surface area contributed by atoms with Gasteiger partial charge in [-0.25, -0.2) is 0 Å². The number of rotatable bonds is 0. The second-order valence-corrected chi connectivity index (χ2v) is 2.96. The van der Waals surface area contributed by atoms with Crippen LogP contribution in [0.5, 0.6) is 0 Å². The molecule has 0 N–H and O–H groups in total. The van der Waals surface area contributed by atoms with E-state index in [0.29, 0.717) is 0 Å². The van der Waals surface area contributed by atoms with E-state index >= 15 is 0 Å². The Morgan fingerprint density at radius 3 is 2.83 bits per heavy atom. The van der Waals surface area contributed by atoms with Crippen molar-refractivity contribution in [3.63, 3.8) is 0 Å². The molecule has 1 aromatic carbocycles. The molecule has 2 aromatic rings. The molecule has 0 atom stereocenters. The minimum atomic E-state index is 0.898. The van der Waals surface area contributed by atoms with Gasteiger partial charge in [0, 0.05) is 5.39 Å². The molecule has 3 nitrogen and oxygen atoms in total. The third kappa shape index (κ3) is 1.29. The van der Waals surface area contributed by atoms with E-state index in [1.165, 1.54) is 10.1 Å². The quantitative estimate of drug-likeness (QED) is 0.462. The summed E-state index contributed by atoms with van der Waals surface area (Å²) in [4.78, 5) is 0. The monoisotopic (exact) mass is 182 g/mol. The number of hydrogen-bond donors (Lipinski definition) is 0. The van der Waals surface area contributed by atoms with Crippen molar-refractivity contribution in [2.75, 3.05) is 0 Å². The van der Waals surface area contributed by atoms with Crippen molar-refractivity contribution in [1.29, 1.82) is 0 Å². The zero-order valence-corrected chi connectivity index (χ0v) is 6.91. The van der Waals surface area contributed by atoms with Gasteiger partial charge < -0.3 is 4.58 Å². The maximum atomic E-state index is 10.7. The van der Waals surface area contributed by atoms with Crippen LogP contribution in [0.4, 0.5) is 0 Å². The lowest BCUT2D eigenvalue weighted by Crippen LogP contribution is -1.92. The lowest BCUT2D eigenvalue weighted by molar-refractivity contribution is -0.748. The van der Waals surface area contributed by atoms with Gasteiger partial charge in [0.05, 0.1) is 11.6 Å². The van der Waals surface area contributed by atoms with Crippen molar-refractivity contribution >= 4 is 22.4 Å². The first-order valence-electron chi connectivity index (χ1n) is 3.38. The Hall–Kier alpha value is -1.42. The van der Waals surface area contributed by atoms with Crippen LogP contribution in [0.25, 0.3) is 10.8 Å². The summed E-state index contributed by atoms with van der Waals surface area (Å²) in [6, 6.07) is 7.60. The summed E-state index contributed by atoms with van der Waals surface area (Å²) >= 11 is 0.898. The number of fused-ring (bicyclic) bond motifs is 1. The summed E-state index contributed by atoms with van der Waals surface area (Å²) < 4.78 is 5.83. The smallest absolute Gasteiger partial charge is 0.291 e. The van der Waals surface area contributed by atoms with Gasteiger partial charge in [0.1, 0.15) is 0 Å². The predicted octanol–water partition coefficient (Wildman–Crippen LogP) is 2.02. The van der Waals surface area contributed by atoms with Gasteiger partial charge in [0.15, 0.2) is 0 Å². The average Bonchev–Trinajstić information content (AvgIpc) is 2.29. The molecule has 62 valence electrons. The molecule has 1 heterocycles. The van der Waals surface area contributed by atoms with Gasteiger partial charge in [-0.2, -0.15) is 9.05 Å². The summed E-state index contributed by atoms with van der Waals surface area (Å²) in [5.74, 6) is 0.